The maximum atomic E-state index is 6.07. The summed E-state index contributed by atoms with van der Waals surface area (Å²) in [6, 6.07) is 8.19. The van der Waals surface area contributed by atoms with Crippen LogP contribution in [0.5, 0.6) is 5.75 Å². The molecule has 0 N–H and O–H groups in total. The third-order valence-electron chi connectivity index (χ3n) is 5.24. The fraction of sp³-hybridized carbons (Fsp3) is 0.500. The molecule has 4 rings (SSSR count). The van der Waals surface area contributed by atoms with E-state index in [1.54, 1.807) is 12.3 Å². The maximum absolute atomic E-state index is 6.07. The van der Waals surface area contributed by atoms with Crippen LogP contribution >= 0.6 is 11.6 Å². The summed E-state index contributed by atoms with van der Waals surface area (Å²) in [6.45, 7) is 5.78. The predicted octanol–water partition coefficient (Wildman–Crippen LogP) is 3.21. The van der Waals surface area contributed by atoms with Gasteiger partial charge >= 0.3 is 0 Å². The summed E-state index contributed by atoms with van der Waals surface area (Å²) in [5, 5.41) is 0.502. The highest BCUT2D eigenvalue weighted by atomic mass is 35.5. The summed E-state index contributed by atoms with van der Waals surface area (Å²) in [5.41, 5.74) is 2.91. The first-order valence-electron chi connectivity index (χ1n) is 9.49. The molecule has 26 heavy (non-hydrogen) atoms. The van der Waals surface area contributed by atoms with Gasteiger partial charge in [0.1, 0.15) is 10.9 Å². The molecule has 2 aliphatic rings. The summed E-state index contributed by atoms with van der Waals surface area (Å²) in [4.78, 5) is 13.3. The van der Waals surface area contributed by atoms with Crippen molar-refractivity contribution in [3.05, 3.63) is 46.7 Å². The molecule has 0 amide bonds. The molecular weight excluding hydrogens is 348 g/mol. The molecule has 1 aliphatic carbocycles. The van der Waals surface area contributed by atoms with Crippen LogP contribution in [0, 0.1) is 0 Å². The smallest absolute Gasteiger partial charge is 0.226 e. The van der Waals surface area contributed by atoms with Crippen molar-refractivity contribution in [2.24, 2.45) is 0 Å². The third-order valence-corrected chi connectivity index (χ3v) is 5.45. The lowest BCUT2D eigenvalue weighted by molar-refractivity contribution is 0.223. The van der Waals surface area contributed by atoms with E-state index in [1.807, 2.05) is 0 Å². The Kier molecular flexibility index (Phi) is 5.56. The third kappa shape index (κ3) is 4.10. The second-order valence-corrected chi connectivity index (χ2v) is 7.34. The van der Waals surface area contributed by atoms with Crippen LogP contribution in [-0.4, -0.2) is 54.2 Å². The Hall–Kier alpha value is -1.85. The first-order valence-corrected chi connectivity index (χ1v) is 9.87. The largest absolute Gasteiger partial charge is 0.493 e. The number of hydrogen-bond donors (Lipinski definition) is 0. The van der Waals surface area contributed by atoms with Gasteiger partial charge in [0.2, 0.25) is 5.95 Å². The van der Waals surface area contributed by atoms with E-state index < -0.39 is 0 Å². The van der Waals surface area contributed by atoms with Crippen LogP contribution < -0.4 is 9.64 Å². The minimum absolute atomic E-state index is 0.502. The monoisotopic (exact) mass is 372 g/mol. The van der Waals surface area contributed by atoms with Gasteiger partial charge in [0.05, 0.1) is 6.61 Å². The van der Waals surface area contributed by atoms with Crippen molar-refractivity contribution in [1.82, 2.24) is 14.9 Å². The van der Waals surface area contributed by atoms with Crippen molar-refractivity contribution < 1.29 is 4.74 Å². The van der Waals surface area contributed by atoms with Crippen molar-refractivity contribution in [1.29, 1.82) is 0 Å². The predicted molar refractivity (Wildman–Crippen MR) is 104 cm³/mol. The molecule has 0 saturated carbocycles. The van der Waals surface area contributed by atoms with Gasteiger partial charge in [-0.2, -0.15) is 0 Å². The zero-order valence-electron chi connectivity index (χ0n) is 15.0. The lowest BCUT2D eigenvalue weighted by Gasteiger charge is -2.34. The number of fused-ring (bicyclic) bond motifs is 1. The molecule has 2 aromatic rings. The molecule has 1 aliphatic heterocycles. The average Bonchev–Trinajstić information content (AvgIpc) is 3.15. The maximum Gasteiger partial charge on any atom is 0.226 e. The van der Waals surface area contributed by atoms with Crippen LogP contribution in [-0.2, 0) is 12.8 Å². The minimum atomic E-state index is 0.502. The minimum Gasteiger partial charge on any atom is -0.493 e. The SMILES string of the molecule is Clc1ccnc(N2CCN(CCCOc3cccc4c3CCC4)CC2)n1. The normalized spacial score (nSPS) is 17.3. The molecule has 138 valence electrons. The number of piperazine rings is 1. The lowest BCUT2D eigenvalue weighted by atomic mass is 10.1. The van der Waals surface area contributed by atoms with Crippen LogP contribution in [0.25, 0.3) is 0 Å². The first-order chi connectivity index (χ1) is 12.8. The van der Waals surface area contributed by atoms with Crippen molar-refractivity contribution in [3.8, 4) is 5.75 Å². The quantitative estimate of drug-likeness (QED) is 0.575. The molecule has 5 nitrogen and oxygen atoms in total. The van der Waals surface area contributed by atoms with E-state index >= 15 is 0 Å². The number of halogens is 1. The highest BCUT2D eigenvalue weighted by Gasteiger charge is 2.19. The summed E-state index contributed by atoms with van der Waals surface area (Å²) >= 11 is 5.96. The Morgan fingerprint density at radius 2 is 1.96 bits per heavy atom. The van der Waals surface area contributed by atoms with E-state index in [2.05, 4.69) is 38.0 Å². The van der Waals surface area contributed by atoms with E-state index in [4.69, 9.17) is 16.3 Å². The second kappa shape index (κ2) is 8.23. The molecule has 0 radical (unpaired) electrons. The van der Waals surface area contributed by atoms with Crippen LogP contribution in [0.4, 0.5) is 5.95 Å². The van der Waals surface area contributed by atoms with Crippen LogP contribution in [0.3, 0.4) is 0 Å². The summed E-state index contributed by atoms with van der Waals surface area (Å²) in [7, 11) is 0. The van der Waals surface area contributed by atoms with E-state index in [9.17, 15) is 0 Å². The molecule has 0 spiro atoms. The lowest BCUT2D eigenvalue weighted by Crippen LogP contribution is -2.47. The number of anilines is 1. The number of benzene rings is 1. The number of ether oxygens (including phenoxy) is 1. The summed E-state index contributed by atoms with van der Waals surface area (Å²) < 4.78 is 6.07. The van der Waals surface area contributed by atoms with Crippen LogP contribution in [0.2, 0.25) is 5.15 Å². The van der Waals surface area contributed by atoms with E-state index in [0.29, 0.717) is 5.15 Å². The van der Waals surface area contributed by atoms with Gasteiger partial charge in [0, 0.05) is 38.9 Å². The zero-order chi connectivity index (χ0) is 17.8. The van der Waals surface area contributed by atoms with Gasteiger partial charge in [0.15, 0.2) is 0 Å². The van der Waals surface area contributed by atoms with Gasteiger partial charge in [-0.3, -0.25) is 4.90 Å². The van der Waals surface area contributed by atoms with E-state index in [1.165, 1.54) is 30.4 Å². The molecular formula is C20H25ClN4O. The number of aryl methyl sites for hydroxylation is 1. The van der Waals surface area contributed by atoms with Gasteiger partial charge in [0.25, 0.3) is 0 Å². The molecule has 0 bridgehead atoms. The topological polar surface area (TPSA) is 41.5 Å². The molecule has 1 fully saturated rings. The second-order valence-electron chi connectivity index (χ2n) is 6.96. The molecule has 6 heteroatoms. The van der Waals surface area contributed by atoms with Gasteiger partial charge < -0.3 is 9.64 Å². The molecule has 1 saturated heterocycles. The molecule has 2 heterocycles. The standard InChI is InChI=1S/C20H25ClN4O/c21-19-8-9-22-20(23-19)25-13-11-24(12-14-25)10-3-15-26-18-7-2-5-16-4-1-6-17(16)18/h2,5,7-9H,1,3-4,6,10-15H2. The molecule has 0 unspecified atom stereocenters. The Labute approximate surface area is 160 Å². The Balaban J connectivity index is 1.19. The highest BCUT2D eigenvalue weighted by molar-refractivity contribution is 6.29. The fourth-order valence-corrected chi connectivity index (χ4v) is 3.97. The Bertz CT molecular complexity index is 746. The van der Waals surface area contributed by atoms with Crippen molar-refractivity contribution >= 4 is 17.5 Å². The highest BCUT2D eigenvalue weighted by Crippen LogP contribution is 2.30. The van der Waals surface area contributed by atoms with Crippen molar-refractivity contribution in [3.63, 3.8) is 0 Å². The van der Waals surface area contributed by atoms with E-state index in [0.717, 1.165) is 57.4 Å². The summed E-state index contributed by atoms with van der Waals surface area (Å²) in [6.07, 6.45) is 6.40. The van der Waals surface area contributed by atoms with Crippen LogP contribution in [0.1, 0.15) is 24.0 Å². The number of rotatable bonds is 6. The number of nitrogens with zero attached hydrogens (tertiary/aromatic N) is 4. The van der Waals surface area contributed by atoms with Gasteiger partial charge in [-0.05, 0) is 48.9 Å². The Morgan fingerprint density at radius 3 is 2.81 bits per heavy atom. The van der Waals surface area contributed by atoms with Crippen molar-refractivity contribution in [2.75, 3.05) is 44.2 Å². The van der Waals surface area contributed by atoms with Crippen molar-refractivity contribution in [2.45, 2.75) is 25.7 Å². The number of hydrogen-bond acceptors (Lipinski definition) is 5. The Morgan fingerprint density at radius 1 is 1.08 bits per heavy atom. The zero-order valence-corrected chi connectivity index (χ0v) is 15.8. The average molecular weight is 373 g/mol. The van der Waals surface area contributed by atoms with Crippen LogP contribution in [0.15, 0.2) is 30.5 Å². The fourth-order valence-electron chi connectivity index (χ4n) is 3.84. The number of aromatic nitrogens is 2. The van der Waals surface area contributed by atoms with Gasteiger partial charge in [-0.15, -0.1) is 0 Å². The van der Waals surface area contributed by atoms with Gasteiger partial charge in [-0.1, -0.05) is 23.7 Å². The summed E-state index contributed by atoms with van der Waals surface area (Å²) in [5.74, 6) is 1.83. The van der Waals surface area contributed by atoms with Gasteiger partial charge in [-0.25, -0.2) is 9.97 Å². The molecule has 0 atom stereocenters. The van der Waals surface area contributed by atoms with E-state index in [-0.39, 0.29) is 0 Å². The molecule has 1 aromatic heterocycles. The molecule has 1 aromatic carbocycles. The first kappa shape index (κ1) is 17.6.